The molecule has 5 nitrogen and oxygen atoms in total. The van der Waals surface area contributed by atoms with Gasteiger partial charge in [0, 0.05) is 12.0 Å². The molecule has 1 aromatic heterocycles. The Bertz CT molecular complexity index is 572. The number of benzene rings is 1. The van der Waals surface area contributed by atoms with Crippen molar-refractivity contribution < 1.29 is 19.5 Å². The Kier molecular flexibility index (Phi) is 3.43. The molecule has 0 spiro atoms. The zero-order chi connectivity index (χ0) is 13.0. The molecule has 18 heavy (non-hydrogen) atoms. The van der Waals surface area contributed by atoms with Crippen LogP contribution in [0.5, 0.6) is 0 Å². The van der Waals surface area contributed by atoms with E-state index in [1.54, 1.807) is 6.07 Å². The minimum absolute atomic E-state index is 0.0776. The molecular weight excluding hydrogens is 234 g/mol. The van der Waals surface area contributed by atoms with E-state index in [9.17, 15) is 4.79 Å². The first-order chi connectivity index (χ1) is 8.72. The number of furan rings is 1. The third kappa shape index (κ3) is 2.40. The fourth-order valence-electron chi connectivity index (χ4n) is 1.68. The van der Waals surface area contributed by atoms with Crippen LogP contribution in [0.25, 0.3) is 0 Å². The van der Waals surface area contributed by atoms with Crippen molar-refractivity contribution in [3.63, 3.8) is 0 Å². The Morgan fingerprint density at radius 3 is 2.56 bits per heavy atom. The highest BCUT2D eigenvalue weighted by Crippen LogP contribution is 2.16. The van der Waals surface area contributed by atoms with Crippen molar-refractivity contribution in [2.75, 3.05) is 0 Å². The highest BCUT2D eigenvalue weighted by atomic mass is 16.4. The standard InChI is InChI=1S/C13H11NO4/c15-13(16)11(14-17)12-10(6-7-18-12)8-9-4-2-1-3-5-9/h1-7,17H,8H2,(H,15,16). The zero-order valence-electron chi connectivity index (χ0n) is 9.41. The lowest BCUT2D eigenvalue weighted by Gasteiger charge is -2.01. The highest BCUT2D eigenvalue weighted by molar-refractivity contribution is 6.41. The van der Waals surface area contributed by atoms with Crippen LogP contribution < -0.4 is 0 Å². The molecule has 0 saturated carbocycles. The quantitative estimate of drug-likeness (QED) is 0.491. The van der Waals surface area contributed by atoms with E-state index in [0.717, 1.165) is 5.56 Å². The average molecular weight is 245 g/mol. The summed E-state index contributed by atoms with van der Waals surface area (Å²) in [5.74, 6) is -1.25. The molecule has 0 aliphatic heterocycles. The second-order valence-electron chi connectivity index (χ2n) is 3.69. The van der Waals surface area contributed by atoms with Crippen molar-refractivity contribution in [2.24, 2.45) is 5.16 Å². The fraction of sp³-hybridized carbons (Fsp3) is 0.0769. The molecule has 0 aliphatic carbocycles. The molecule has 0 radical (unpaired) electrons. The molecule has 2 rings (SSSR count). The van der Waals surface area contributed by atoms with Crippen molar-refractivity contribution >= 4 is 11.7 Å². The van der Waals surface area contributed by atoms with Crippen molar-refractivity contribution in [1.29, 1.82) is 0 Å². The van der Waals surface area contributed by atoms with Gasteiger partial charge in [-0.2, -0.15) is 0 Å². The number of hydrogen-bond acceptors (Lipinski definition) is 4. The van der Waals surface area contributed by atoms with Gasteiger partial charge in [0.25, 0.3) is 0 Å². The molecule has 0 bridgehead atoms. The third-order valence-electron chi connectivity index (χ3n) is 2.50. The lowest BCUT2D eigenvalue weighted by Crippen LogP contribution is -2.15. The summed E-state index contributed by atoms with van der Waals surface area (Å²) in [4.78, 5) is 10.9. The Hall–Kier alpha value is -2.56. The van der Waals surface area contributed by atoms with Crippen LogP contribution in [-0.4, -0.2) is 22.0 Å². The van der Waals surface area contributed by atoms with Crippen molar-refractivity contribution in [1.82, 2.24) is 0 Å². The van der Waals surface area contributed by atoms with Crippen LogP contribution in [0.3, 0.4) is 0 Å². The van der Waals surface area contributed by atoms with Crippen LogP contribution in [0.2, 0.25) is 0 Å². The van der Waals surface area contributed by atoms with Crippen LogP contribution >= 0.6 is 0 Å². The molecule has 1 aromatic carbocycles. The molecule has 0 fully saturated rings. The molecule has 0 aliphatic rings. The Morgan fingerprint density at radius 2 is 1.94 bits per heavy atom. The van der Waals surface area contributed by atoms with E-state index in [4.69, 9.17) is 14.7 Å². The summed E-state index contributed by atoms with van der Waals surface area (Å²) in [7, 11) is 0. The number of hydrogen-bond donors (Lipinski definition) is 2. The van der Waals surface area contributed by atoms with Gasteiger partial charge < -0.3 is 14.7 Å². The molecule has 2 aromatic rings. The molecule has 5 heteroatoms. The predicted octanol–water partition coefficient (Wildman–Crippen LogP) is 2.13. The van der Waals surface area contributed by atoms with Crippen LogP contribution in [0, 0.1) is 0 Å². The van der Waals surface area contributed by atoms with Crippen LogP contribution in [-0.2, 0) is 11.2 Å². The van der Waals surface area contributed by atoms with Crippen molar-refractivity contribution in [2.45, 2.75) is 6.42 Å². The summed E-state index contributed by atoms with van der Waals surface area (Å²) < 4.78 is 5.08. The largest absolute Gasteiger partial charge is 0.476 e. The van der Waals surface area contributed by atoms with E-state index in [-0.39, 0.29) is 5.76 Å². The van der Waals surface area contributed by atoms with Crippen LogP contribution in [0.1, 0.15) is 16.9 Å². The summed E-state index contributed by atoms with van der Waals surface area (Å²) in [6.45, 7) is 0. The number of carbonyl (C=O) groups is 1. The minimum atomic E-state index is -1.33. The normalized spacial score (nSPS) is 11.4. The van der Waals surface area contributed by atoms with Gasteiger partial charge in [0.1, 0.15) is 0 Å². The van der Waals surface area contributed by atoms with Gasteiger partial charge in [-0.3, -0.25) is 0 Å². The smallest absolute Gasteiger partial charge is 0.361 e. The summed E-state index contributed by atoms with van der Waals surface area (Å²) in [5.41, 5.74) is 1.19. The van der Waals surface area contributed by atoms with Gasteiger partial charge >= 0.3 is 5.97 Å². The van der Waals surface area contributed by atoms with E-state index >= 15 is 0 Å². The average Bonchev–Trinajstić information content (AvgIpc) is 2.79. The number of aliphatic carboxylic acids is 1. The van der Waals surface area contributed by atoms with Gasteiger partial charge in [0.2, 0.25) is 5.71 Å². The predicted molar refractivity (Wildman–Crippen MR) is 63.9 cm³/mol. The zero-order valence-corrected chi connectivity index (χ0v) is 9.41. The molecule has 0 saturated heterocycles. The van der Waals surface area contributed by atoms with Crippen LogP contribution in [0.4, 0.5) is 0 Å². The summed E-state index contributed by atoms with van der Waals surface area (Å²) >= 11 is 0. The number of carboxylic acid groups (broad SMARTS) is 1. The number of nitrogens with zero attached hydrogens (tertiary/aromatic N) is 1. The first-order valence-corrected chi connectivity index (χ1v) is 5.28. The molecular formula is C13H11NO4. The fourth-order valence-corrected chi connectivity index (χ4v) is 1.68. The Labute approximate surface area is 103 Å². The van der Waals surface area contributed by atoms with E-state index < -0.39 is 11.7 Å². The maximum Gasteiger partial charge on any atom is 0.361 e. The second-order valence-corrected chi connectivity index (χ2v) is 3.69. The number of oxime groups is 1. The third-order valence-corrected chi connectivity index (χ3v) is 2.50. The van der Waals surface area contributed by atoms with Crippen molar-refractivity contribution in [3.8, 4) is 0 Å². The topological polar surface area (TPSA) is 83.0 Å². The maximum absolute atomic E-state index is 10.9. The first-order valence-electron chi connectivity index (χ1n) is 5.28. The first kappa shape index (κ1) is 11.9. The van der Waals surface area contributed by atoms with Crippen molar-refractivity contribution in [3.05, 3.63) is 59.5 Å². The van der Waals surface area contributed by atoms with Gasteiger partial charge in [-0.05, 0) is 11.6 Å². The SMILES string of the molecule is O=C(O)C(=NO)c1occc1Cc1ccccc1. The molecule has 0 amide bonds. The van der Waals surface area contributed by atoms with Gasteiger partial charge in [0.15, 0.2) is 5.76 Å². The van der Waals surface area contributed by atoms with E-state index in [1.807, 2.05) is 30.3 Å². The summed E-state index contributed by atoms with van der Waals surface area (Å²) in [6, 6.07) is 11.2. The second kappa shape index (κ2) is 5.18. The maximum atomic E-state index is 10.9. The Morgan fingerprint density at radius 1 is 1.22 bits per heavy atom. The van der Waals surface area contributed by atoms with Gasteiger partial charge in [-0.1, -0.05) is 35.5 Å². The van der Waals surface area contributed by atoms with E-state index in [1.165, 1.54) is 6.26 Å². The minimum Gasteiger partial charge on any atom is -0.476 e. The monoisotopic (exact) mass is 245 g/mol. The highest BCUT2D eigenvalue weighted by Gasteiger charge is 2.20. The van der Waals surface area contributed by atoms with Crippen LogP contribution in [0.15, 0.2) is 52.2 Å². The summed E-state index contributed by atoms with van der Waals surface area (Å²) in [6.07, 6.45) is 1.89. The van der Waals surface area contributed by atoms with Gasteiger partial charge in [0.05, 0.1) is 6.26 Å². The summed E-state index contributed by atoms with van der Waals surface area (Å²) in [5, 5.41) is 20.3. The van der Waals surface area contributed by atoms with E-state index in [0.29, 0.717) is 12.0 Å². The Balaban J connectivity index is 2.31. The molecule has 1 heterocycles. The molecule has 92 valence electrons. The molecule has 2 N–H and O–H groups in total. The number of carboxylic acids is 1. The van der Waals surface area contributed by atoms with Gasteiger partial charge in [-0.15, -0.1) is 0 Å². The lowest BCUT2D eigenvalue weighted by atomic mass is 10.0. The van der Waals surface area contributed by atoms with Gasteiger partial charge in [-0.25, -0.2) is 4.79 Å². The molecule has 0 atom stereocenters. The lowest BCUT2D eigenvalue weighted by molar-refractivity contribution is -0.129. The molecule has 0 unspecified atom stereocenters. The van der Waals surface area contributed by atoms with E-state index in [2.05, 4.69) is 5.16 Å². The number of rotatable bonds is 4.